The third-order valence-corrected chi connectivity index (χ3v) is 11.7. The van der Waals surface area contributed by atoms with Crippen LogP contribution in [-0.2, 0) is 0 Å². The van der Waals surface area contributed by atoms with E-state index in [4.69, 9.17) is 0 Å². The van der Waals surface area contributed by atoms with Crippen molar-refractivity contribution in [2.75, 3.05) is 4.90 Å². The molecule has 220 valence electrons. The SMILES string of the molecule is c1ccc(N(c2cccc(-c3ccc4ccccc4c3)c2)c2ccc3c(c2)sc2ccc4sc5c6ccccc6ccc5c4c23)cc1. The number of fused-ring (bicyclic) bond motifs is 10. The Kier molecular flexibility index (Phi) is 5.98. The summed E-state index contributed by atoms with van der Waals surface area (Å²) < 4.78 is 5.37. The number of rotatable bonds is 4. The Hall–Kier alpha value is -5.48. The van der Waals surface area contributed by atoms with Crippen LogP contribution >= 0.6 is 22.7 Å². The predicted octanol–water partition coefficient (Wildman–Crippen LogP) is 13.9. The van der Waals surface area contributed by atoms with Gasteiger partial charge < -0.3 is 4.90 Å². The van der Waals surface area contributed by atoms with Gasteiger partial charge in [0.2, 0.25) is 0 Å². The molecule has 0 aliphatic rings. The molecule has 0 aliphatic heterocycles. The molecule has 0 unspecified atom stereocenters. The average molecular weight is 634 g/mol. The Morgan fingerprint density at radius 1 is 0.340 bits per heavy atom. The zero-order valence-corrected chi connectivity index (χ0v) is 27.0. The number of hydrogen-bond donors (Lipinski definition) is 0. The van der Waals surface area contributed by atoms with Crippen molar-refractivity contribution in [1.82, 2.24) is 0 Å². The highest BCUT2D eigenvalue weighted by molar-refractivity contribution is 7.28. The second kappa shape index (κ2) is 10.5. The van der Waals surface area contributed by atoms with E-state index in [2.05, 4.69) is 169 Å². The van der Waals surface area contributed by atoms with E-state index in [9.17, 15) is 0 Å². The van der Waals surface area contributed by atoms with Gasteiger partial charge in [-0.15, -0.1) is 22.7 Å². The van der Waals surface area contributed by atoms with Crippen LogP contribution in [0.5, 0.6) is 0 Å². The standard InChI is InChI=1S/C44H27NS2/c1-2-13-33(14-3-1)45(34-15-8-12-31(26-34)32-18-17-28-9-4-5-11-30(28)25-32)35-20-22-37-41(27-35)46-39-23-24-40-43(42(37)39)38-21-19-29-10-6-7-16-36(29)44(38)47-40/h1-27H. The van der Waals surface area contributed by atoms with Gasteiger partial charge >= 0.3 is 0 Å². The second-order valence-corrected chi connectivity index (χ2v) is 14.3. The molecule has 0 N–H and O–H groups in total. The summed E-state index contributed by atoms with van der Waals surface area (Å²) >= 11 is 3.81. The normalized spacial score (nSPS) is 11.8. The van der Waals surface area contributed by atoms with Crippen LogP contribution in [0.2, 0.25) is 0 Å². The van der Waals surface area contributed by atoms with Gasteiger partial charge in [-0.3, -0.25) is 0 Å². The topological polar surface area (TPSA) is 3.24 Å². The summed E-state index contributed by atoms with van der Waals surface area (Å²) in [5.41, 5.74) is 5.86. The number of nitrogens with zero attached hydrogens (tertiary/aromatic N) is 1. The third kappa shape index (κ3) is 4.28. The first kappa shape index (κ1) is 26.7. The Morgan fingerprint density at radius 3 is 1.89 bits per heavy atom. The van der Waals surface area contributed by atoms with E-state index in [1.165, 1.54) is 73.0 Å². The van der Waals surface area contributed by atoms with Crippen LogP contribution in [0.25, 0.3) is 73.0 Å². The highest BCUT2D eigenvalue weighted by Gasteiger charge is 2.18. The van der Waals surface area contributed by atoms with Gasteiger partial charge in [0.05, 0.1) is 0 Å². The number of anilines is 3. The van der Waals surface area contributed by atoms with Crippen molar-refractivity contribution in [3.05, 3.63) is 164 Å². The summed E-state index contributed by atoms with van der Waals surface area (Å²) in [6.07, 6.45) is 0. The molecule has 0 saturated carbocycles. The highest BCUT2D eigenvalue weighted by Crippen LogP contribution is 2.47. The number of thiophene rings is 2. The van der Waals surface area contributed by atoms with Gasteiger partial charge in [0, 0.05) is 57.4 Å². The lowest BCUT2D eigenvalue weighted by Gasteiger charge is -2.26. The highest BCUT2D eigenvalue weighted by atomic mass is 32.1. The van der Waals surface area contributed by atoms with E-state index in [0.29, 0.717) is 0 Å². The molecule has 0 amide bonds. The molecule has 0 saturated heterocycles. The van der Waals surface area contributed by atoms with Crippen LogP contribution in [0.15, 0.2) is 164 Å². The Labute approximate surface area is 280 Å². The Balaban J connectivity index is 1.15. The molecule has 10 aromatic rings. The van der Waals surface area contributed by atoms with Crippen LogP contribution in [0.4, 0.5) is 17.1 Å². The molecule has 10 rings (SSSR count). The van der Waals surface area contributed by atoms with E-state index in [-0.39, 0.29) is 0 Å². The summed E-state index contributed by atoms with van der Waals surface area (Å²) in [5, 5.41) is 10.6. The van der Waals surface area contributed by atoms with E-state index in [1.807, 2.05) is 22.7 Å². The molecule has 2 heterocycles. The lowest BCUT2D eigenvalue weighted by atomic mass is 10.0. The molecule has 2 aromatic heterocycles. The molecule has 0 bridgehead atoms. The summed E-state index contributed by atoms with van der Waals surface area (Å²) in [4.78, 5) is 2.39. The minimum atomic E-state index is 1.14. The second-order valence-electron chi connectivity index (χ2n) is 12.1. The smallest absolute Gasteiger partial charge is 0.0476 e. The molecule has 47 heavy (non-hydrogen) atoms. The minimum absolute atomic E-state index is 1.14. The van der Waals surface area contributed by atoms with Gasteiger partial charge in [-0.25, -0.2) is 0 Å². The number of benzene rings is 8. The maximum Gasteiger partial charge on any atom is 0.0476 e. The maximum atomic E-state index is 2.39. The molecule has 0 atom stereocenters. The lowest BCUT2D eigenvalue weighted by Crippen LogP contribution is -2.09. The predicted molar refractivity (Wildman–Crippen MR) is 207 cm³/mol. The third-order valence-electron chi connectivity index (χ3n) is 9.40. The van der Waals surface area contributed by atoms with Gasteiger partial charge in [0.15, 0.2) is 0 Å². The van der Waals surface area contributed by atoms with Gasteiger partial charge in [-0.2, -0.15) is 0 Å². The van der Waals surface area contributed by atoms with Crippen molar-refractivity contribution >= 4 is 102 Å². The van der Waals surface area contributed by atoms with Crippen LogP contribution in [0.1, 0.15) is 0 Å². The first-order valence-electron chi connectivity index (χ1n) is 15.9. The van der Waals surface area contributed by atoms with Crippen LogP contribution in [-0.4, -0.2) is 0 Å². The van der Waals surface area contributed by atoms with E-state index < -0.39 is 0 Å². The molecule has 0 aliphatic carbocycles. The Bertz CT molecular complexity index is 2810. The van der Waals surface area contributed by atoms with Crippen LogP contribution < -0.4 is 4.90 Å². The first-order chi connectivity index (χ1) is 23.3. The van der Waals surface area contributed by atoms with Crippen molar-refractivity contribution < 1.29 is 0 Å². The Morgan fingerprint density at radius 2 is 1.00 bits per heavy atom. The van der Waals surface area contributed by atoms with Gasteiger partial charge in [0.25, 0.3) is 0 Å². The van der Waals surface area contributed by atoms with Crippen molar-refractivity contribution in [2.45, 2.75) is 0 Å². The van der Waals surface area contributed by atoms with Crippen LogP contribution in [0, 0.1) is 0 Å². The molecule has 3 heteroatoms. The summed E-state index contributed by atoms with van der Waals surface area (Å²) in [5.74, 6) is 0. The van der Waals surface area contributed by atoms with E-state index >= 15 is 0 Å². The van der Waals surface area contributed by atoms with Crippen molar-refractivity contribution in [1.29, 1.82) is 0 Å². The molecule has 0 fully saturated rings. The van der Waals surface area contributed by atoms with Gasteiger partial charge in [0.1, 0.15) is 0 Å². The van der Waals surface area contributed by atoms with Gasteiger partial charge in [-0.1, -0.05) is 109 Å². The summed E-state index contributed by atoms with van der Waals surface area (Å²) in [6, 6.07) is 60.0. The summed E-state index contributed by atoms with van der Waals surface area (Å²) in [7, 11) is 0. The van der Waals surface area contributed by atoms with E-state index in [0.717, 1.165) is 17.1 Å². The molecular weight excluding hydrogens is 607 g/mol. The molecular formula is C44H27NS2. The number of para-hydroxylation sites is 1. The van der Waals surface area contributed by atoms with Crippen molar-refractivity contribution in [3.8, 4) is 11.1 Å². The van der Waals surface area contributed by atoms with Crippen molar-refractivity contribution in [3.63, 3.8) is 0 Å². The molecule has 0 radical (unpaired) electrons. The molecule has 0 spiro atoms. The number of hydrogen-bond acceptors (Lipinski definition) is 3. The van der Waals surface area contributed by atoms with E-state index in [1.54, 1.807) is 0 Å². The zero-order chi connectivity index (χ0) is 30.9. The summed E-state index contributed by atoms with van der Waals surface area (Å²) in [6.45, 7) is 0. The molecule has 8 aromatic carbocycles. The fourth-order valence-electron chi connectivity index (χ4n) is 7.21. The van der Waals surface area contributed by atoms with Crippen molar-refractivity contribution in [2.24, 2.45) is 0 Å². The lowest BCUT2D eigenvalue weighted by molar-refractivity contribution is 1.29. The fourth-order valence-corrected chi connectivity index (χ4v) is 9.60. The quantitative estimate of drug-likeness (QED) is 0.186. The van der Waals surface area contributed by atoms with Crippen LogP contribution in [0.3, 0.4) is 0 Å². The monoisotopic (exact) mass is 633 g/mol. The molecule has 1 nitrogen and oxygen atoms in total. The maximum absolute atomic E-state index is 2.39. The first-order valence-corrected chi connectivity index (χ1v) is 17.6. The fraction of sp³-hybridized carbons (Fsp3) is 0. The average Bonchev–Trinajstić information content (AvgIpc) is 3.70. The zero-order valence-electron chi connectivity index (χ0n) is 25.4. The largest absolute Gasteiger partial charge is 0.310 e. The van der Waals surface area contributed by atoms with Gasteiger partial charge in [-0.05, 0) is 87.3 Å². The minimum Gasteiger partial charge on any atom is -0.310 e.